The summed E-state index contributed by atoms with van der Waals surface area (Å²) in [5, 5.41) is 2.78. The van der Waals surface area contributed by atoms with E-state index in [1.165, 1.54) is 23.8 Å². The van der Waals surface area contributed by atoms with Gasteiger partial charge >= 0.3 is 0 Å². The van der Waals surface area contributed by atoms with E-state index in [9.17, 15) is 9.18 Å². The van der Waals surface area contributed by atoms with Crippen LogP contribution in [0.1, 0.15) is 18.1 Å². The van der Waals surface area contributed by atoms with Crippen LogP contribution in [0.3, 0.4) is 0 Å². The first-order chi connectivity index (χ1) is 9.67. The molecule has 2 rings (SSSR count). The zero-order chi connectivity index (χ0) is 14.4. The first kappa shape index (κ1) is 14.0. The van der Waals surface area contributed by atoms with Gasteiger partial charge < -0.3 is 5.32 Å². The summed E-state index contributed by atoms with van der Waals surface area (Å²) in [7, 11) is 0. The SMILES string of the molecule is CCc1ccc(NC(=O)/C=C/c2ccc(F)cc2)cc1. The van der Waals surface area contributed by atoms with Gasteiger partial charge in [-0.2, -0.15) is 0 Å². The van der Waals surface area contributed by atoms with Crippen LogP contribution in [0.2, 0.25) is 0 Å². The van der Waals surface area contributed by atoms with Crippen LogP contribution >= 0.6 is 0 Å². The van der Waals surface area contributed by atoms with E-state index in [1.807, 2.05) is 24.3 Å². The second-order valence-corrected chi connectivity index (χ2v) is 4.42. The van der Waals surface area contributed by atoms with E-state index >= 15 is 0 Å². The van der Waals surface area contributed by atoms with Crippen molar-refractivity contribution in [2.24, 2.45) is 0 Å². The fraction of sp³-hybridized carbons (Fsp3) is 0.118. The molecule has 0 saturated heterocycles. The van der Waals surface area contributed by atoms with E-state index in [0.717, 1.165) is 17.7 Å². The lowest BCUT2D eigenvalue weighted by Crippen LogP contribution is -2.07. The summed E-state index contributed by atoms with van der Waals surface area (Å²) in [6.45, 7) is 2.08. The van der Waals surface area contributed by atoms with Gasteiger partial charge in [0.2, 0.25) is 5.91 Å². The summed E-state index contributed by atoms with van der Waals surface area (Å²) in [6, 6.07) is 13.7. The normalized spacial score (nSPS) is 10.7. The summed E-state index contributed by atoms with van der Waals surface area (Å²) in [5.74, 6) is -0.499. The summed E-state index contributed by atoms with van der Waals surface area (Å²) in [6.07, 6.45) is 4.05. The number of carbonyl (C=O) groups is 1. The summed E-state index contributed by atoms with van der Waals surface area (Å²) < 4.78 is 12.7. The van der Waals surface area contributed by atoms with Crippen LogP contribution in [-0.4, -0.2) is 5.91 Å². The molecule has 0 saturated carbocycles. The van der Waals surface area contributed by atoms with Gasteiger partial charge in [-0.3, -0.25) is 4.79 Å². The predicted molar refractivity (Wildman–Crippen MR) is 79.9 cm³/mol. The zero-order valence-corrected chi connectivity index (χ0v) is 11.3. The van der Waals surface area contributed by atoms with E-state index in [-0.39, 0.29) is 11.7 Å². The number of hydrogen-bond acceptors (Lipinski definition) is 1. The summed E-state index contributed by atoms with van der Waals surface area (Å²) >= 11 is 0. The molecule has 2 aromatic rings. The van der Waals surface area contributed by atoms with Crippen molar-refractivity contribution in [3.05, 3.63) is 71.6 Å². The molecule has 0 aliphatic carbocycles. The Labute approximate surface area is 118 Å². The molecule has 0 atom stereocenters. The van der Waals surface area contributed by atoms with Crippen LogP contribution in [-0.2, 0) is 11.2 Å². The highest BCUT2D eigenvalue weighted by Gasteiger charge is 1.98. The van der Waals surface area contributed by atoms with E-state index in [2.05, 4.69) is 12.2 Å². The van der Waals surface area contributed by atoms with Gasteiger partial charge in [0.1, 0.15) is 5.82 Å². The Hall–Kier alpha value is -2.42. The molecule has 0 unspecified atom stereocenters. The van der Waals surface area contributed by atoms with Crippen LogP contribution in [0, 0.1) is 5.82 Å². The van der Waals surface area contributed by atoms with Crippen LogP contribution in [0.4, 0.5) is 10.1 Å². The molecule has 0 bridgehead atoms. The molecule has 102 valence electrons. The number of nitrogens with one attached hydrogen (secondary N) is 1. The van der Waals surface area contributed by atoms with E-state index in [1.54, 1.807) is 18.2 Å². The van der Waals surface area contributed by atoms with E-state index < -0.39 is 0 Å². The van der Waals surface area contributed by atoms with Crippen molar-refractivity contribution in [2.45, 2.75) is 13.3 Å². The maximum absolute atomic E-state index is 12.7. The highest BCUT2D eigenvalue weighted by molar-refractivity contribution is 6.01. The predicted octanol–water partition coefficient (Wildman–Crippen LogP) is 4.04. The average molecular weight is 269 g/mol. The van der Waals surface area contributed by atoms with Crippen LogP contribution in [0.5, 0.6) is 0 Å². The third-order valence-corrected chi connectivity index (χ3v) is 2.93. The molecule has 0 radical (unpaired) electrons. The smallest absolute Gasteiger partial charge is 0.248 e. The standard InChI is InChI=1S/C17H16FNO/c1-2-13-5-10-16(11-6-13)19-17(20)12-7-14-3-8-15(18)9-4-14/h3-12H,2H2,1H3,(H,19,20)/b12-7+. The Morgan fingerprint density at radius 2 is 1.75 bits per heavy atom. The molecule has 1 amide bonds. The van der Waals surface area contributed by atoms with Gasteiger partial charge in [0, 0.05) is 11.8 Å². The lowest BCUT2D eigenvalue weighted by atomic mass is 10.1. The molecule has 0 aromatic heterocycles. The van der Waals surface area contributed by atoms with Crippen LogP contribution < -0.4 is 5.32 Å². The quantitative estimate of drug-likeness (QED) is 0.834. The van der Waals surface area contributed by atoms with Crippen LogP contribution in [0.15, 0.2) is 54.6 Å². The average Bonchev–Trinajstić information content (AvgIpc) is 2.47. The molecule has 2 aromatic carbocycles. The van der Waals surface area contributed by atoms with Crippen molar-refractivity contribution in [2.75, 3.05) is 5.32 Å². The zero-order valence-electron chi connectivity index (χ0n) is 11.3. The minimum absolute atomic E-state index is 0.210. The van der Waals surface area contributed by atoms with Crippen molar-refractivity contribution in [3.8, 4) is 0 Å². The van der Waals surface area contributed by atoms with Gasteiger partial charge in [0.15, 0.2) is 0 Å². The first-order valence-electron chi connectivity index (χ1n) is 6.51. The van der Waals surface area contributed by atoms with Crippen molar-refractivity contribution >= 4 is 17.7 Å². The fourth-order valence-corrected chi connectivity index (χ4v) is 1.75. The third kappa shape index (κ3) is 4.05. The second kappa shape index (κ2) is 6.66. The topological polar surface area (TPSA) is 29.1 Å². The monoisotopic (exact) mass is 269 g/mol. The largest absolute Gasteiger partial charge is 0.323 e. The third-order valence-electron chi connectivity index (χ3n) is 2.93. The number of rotatable bonds is 4. The molecule has 20 heavy (non-hydrogen) atoms. The first-order valence-corrected chi connectivity index (χ1v) is 6.51. The van der Waals surface area contributed by atoms with Gasteiger partial charge in [-0.25, -0.2) is 4.39 Å². The molecule has 0 fully saturated rings. The molecule has 3 heteroatoms. The molecule has 0 aliphatic heterocycles. The summed E-state index contributed by atoms with van der Waals surface area (Å²) in [4.78, 5) is 11.7. The number of aryl methyl sites for hydroxylation is 1. The van der Waals surface area contributed by atoms with Crippen molar-refractivity contribution < 1.29 is 9.18 Å². The lowest BCUT2D eigenvalue weighted by molar-refractivity contribution is -0.111. The lowest BCUT2D eigenvalue weighted by Gasteiger charge is -2.03. The van der Waals surface area contributed by atoms with Crippen molar-refractivity contribution in [1.82, 2.24) is 0 Å². The highest BCUT2D eigenvalue weighted by atomic mass is 19.1. The van der Waals surface area contributed by atoms with Gasteiger partial charge in [0.25, 0.3) is 0 Å². The molecule has 0 aliphatic rings. The number of hydrogen-bond donors (Lipinski definition) is 1. The van der Waals surface area contributed by atoms with Gasteiger partial charge in [-0.15, -0.1) is 0 Å². The Morgan fingerprint density at radius 1 is 1.10 bits per heavy atom. The number of amides is 1. The van der Waals surface area contributed by atoms with Crippen molar-refractivity contribution in [3.63, 3.8) is 0 Å². The molecule has 0 heterocycles. The number of carbonyl (C=O) groups excluding carboxylic acids is 1. The highest BCUT2D eigenvalue weighted by Crippen LogP contribution is 2.10. The Kier molecular flexibility index (Phi) is 4.66. The summed E-state index contributed by atoms with van der Waals surface area (Å²) in [5.41, 5.74) is 2.77. The van der Waals surface area contributed by atoms with Gasteiger partial charge in [-0.05, 0) is 47.9 Å². The van der Waals surface area contributed by atoms with E-state index in [0.29, 0.717) is 0 Å². The Balaban J connectivity index is 1.96. The number of anilines is 1. The Morgan fingerprint density at radius 3 is 2.35 bits per heavy atom. The second-order valence-electron chi connectivity index (χ2n) is 4.42. The minimum Gasteiger partial charge on any atom is -0.323 e. The van der Waals surface area contributed by atoms with E-state index in [4.69, 9.17) is 0 Å². The maximum atomic E-state index is 12.7. The molecule has 2 nitrogen and oxygen atoms in total. The Bertz CT molecular complexity index is 600. The minimum atomic E-state index is -0.289. The molecule has 0 spiro atoms. The van der Waals surface area contributed by atoms with Gasteiger partial charge in [0.05, 0.1) is 0 Å². The molecular weight excluding hydrogens is 253 g/mol. The molecule has 1 N–H and O–H groups in total. The number of halogens is 1. The fourth-order valence-electron chi connectivity index (χ4n) is 1.75. The van der Waals surface area contributed by atoms with Crippen LogP contribution in [0.25, 0.3) is 6.08 Å². The van der Waals surface area contributed by atoms with Crippen molar-refractivity contribution in [1.29, 1.82) is 0 Å². The molecular formula is C17H16FNO. The maximum Gasteiger partial charge on any atom is 0.248 e. The number of benzene rings is 2. The van der Waals surface area contributed by atoms with Gasteiger partial charge in [-0.1, -0.05) is 31.2 Å².